The minimum absolute atomic E-state index is 0.0337. The largest absolute Gasteiger partial charge is 0.354 e. The molecule has 32 heavy (non-hydrogen) atoms. The van der Waals surface area contributed by atoms with E-state index in [4.69, 9.17) is 0 Å². The van der Waals surface area contributed by atoms with E-state index >= 15 is 0 Å². The second kappa shape index (κ2) is 11.4. The first-order valence-corrected chi connectivity index (χ1v) is 12.7. The van der Waals surface area contributed by atoms with Gasteiger partial charge < -0.3 is 10.2 Å². The Labute approximate surface area is 196 Å². The Morgan fingerprint density at radius 1 is 1.16 bits per heavy atom. The van der Waals surface area contributed by atoms with E-state index in [-0.39, 0.29) is 18.1 Å². The molecule has 1 N–H and O–H groups in total. The molecule has 0 fully saturated rings. The average molecular weight is 528 g/mol. The van der Waals surface area contributed by atoms with Gasteiger partial charge in [-0.25, -0.2) is 12.8 Å². The fourth-order valence-corrected chi connectivity index (χ4v) is 4.34. The number of carbonyl (C=O) groups excluding carboxylic acids is 2. The molecule has 2 rings (SSSR count). The lowest BCUT2D eigenvalue weighted by atomic mass is 10.1. The van der Waals surface area contributed by atoms with Gasteiger partial charge in [0.25, 0.3) is 0 Å². The number of amides is 2. The number of benzene rings is 2. The quantitative estimate of drug-likeness (QED) is 0.513. The highest BCUT2D eigenvalue weighted by Crippen LogP contribution is 2.20. The van der Waals surface area contributed by atoms with Crippen molar-refractivity contribution in [3.63, 3.8) is 0 Å². The monoisotopic (exact) mass is 527 g/mol. The molecule has 7 nitrogen and oxygen atoms in total. The van der Waals surface area contributed by atoms with Crippen LogP contribution in [-0.4, -0.2) is 50.5 Å². The first-order chi connectivity index (χ1) is 15.0. The molecule has 2 aromatic carbocycles. The van der Waals surface area contributed by atoms with E-state index in [1.54, 1.807) is 13.0 Å². The molecule has 2 amide bonds. The fraction of sp³-hybridized carbons (Fsp3) is 0.364. The zero-order chi connectivity index (χ0) is 23.9. The summed E-state index contributed by atoms with van der Waals surface area (Å²) in [5.41, 5.74) is 0.797. The van der Waals surface area contributed by atoms with Gasteiger partial charge in [0.15, 0.2) is 0 Å². The molecule has 0 spiro atoms. The normalized spacial score (nSPS) is 12.2. The molecule has 0 bridgehead atoms. The van der Waals surface area contributed by atoms with Gasteiger partial charge in [-0.1, -0.05) is 41.1 Å². The highest BCUT2D eigenvalue weighted by atomic mass is 79.9. The molecule has 2 aromatic rings. The molecule has 0 saturated carbocycles. The smallest absolute Gasteiger partial charge is 0.244 e. The number of hydrogen-bond acceptors (Lipinski definition) is 4. The van der Waals surface area contributed by atoms with Crippen LogP contribution in [0, 0.1) is 5.82 Å². The fourth-order valence-electron chi connectivity index (χ4n) is 3.06. The highest BCUT2D eigenvalue weighted by molar-refractivity contribution is 9.10. The van der Waals surface area contributed by atoms with E-state index in [1.165, 1.54) is 23.1 Å². The highest BCUT2D eigenvalue weighted by Gasteiger charge is 2.30. The van der Waals surface area contributed by atoms with Gasteiger partial charge in [0.1, 0.15) is 18.4 Å². The van der Waals surface area contributed by atoms with Crippen LogP contribution in [0.25, 0.3) is 0 Å². The van der Waals surface area contributed by atoms with E-state index in [9.17, 15) is 22.4 Å². The number of anilines is 1. The summed E-state index contributed by atoms with van der Waals surface area (Å²) in [5.74, 6) is -1.55. The van der Waals surface area contributed by atoms with Gasteiger partial charge in [0.05, 0.1) is 11.9 Å². The van der Waals surface area contributed by atoms with Crippen molar-refractivity contribution in [1.29, 1.82) is 0 Å². The summed E-state index contributed by atoms with van der Waals surface area (Å²) in [6, 6.07) is 11.4. The number of halogens is 2. The van der Waals surface area contributed by atoms with Crippen molar-refractivity contribution in [3.8, 4) is 0 Å². The molecule has 0 aliphatic carbocycles. The van der Waals surface area contributed by atoms with Crippen LogP contribution in [-0.2, 0) is 26.2 Å². The summed E-state index contributed by atoms with van der Waals surface area (Å²) in [7, 11) is -3.89. The van der Waals surface area contributed by atoms with Crippen LogP contribution in [0.1, 0.15) is 25.8 Å². The number of sulfonamides is 1. The molecule has 174 valence electrons. The maximum Gasteiger partial charge on any atom is 0.244 e. The van der Waals surface area contributed by atoms with Gasteiger partial charge in [-0.3, -0.25) is 13.9 Å². The number of hydrogen-bond donors (Lipinski definition) is 1. The first kappa shape index (κ1) is 25.8. The predicted octanol–water partition coefficient (Wildman–Crippen LogP) is 3.30. The predicted molar refractivity (Wildman–Crippen MR) is 126 cm³/mol. The summed E-state index contributed by atoms with van der Waals surface area (Å²) in [4.78, 5) is 27.2. The number of rotatable bonds is 10. The molecular weight excluding hydrogens is 501 g/mol. The van der Waals surface area contributed by atoms with Crippen molar-refractivity contribution in [2.75, 3.05) is 23.7 Å². The third kappa shape index (κ3) is 7.30. The molecule has 0 aliphatic rings. The minimum atomic E-state index is -3.89. The Morgan fingerprint density at radius 3 is 2.44 bits per heavy atom. The van der Waals surface area contributed by atoms with E-state index in [1.807, 2.05) is 25.1 Å². The topological polar surface area (TPSA) is 86.8 Å². The molecule has 0 saturated heterocycles. The van der Waals surface area contributed by atoms with Gasteiger partial charge in [0, 0.05) is 17.6 Å². The lowest BCUT2D eigenvalue weighted by Gasteiger charge is -2.31. The molecular formula is C22H27BrFN3O4S. The molecule has 10 heteroatoms. The van der Waals surface area contributed by atoms with Crippen molar-refractivity contribution < 1.29 is 22.4 Å². The van der Waals surface area contributed by atoms with Crippen LogP contribution in [0.3, 0.4) is 0 Å². The van der Waals surface area contributed by atoms with E-state index in [0.717, 1.165) is 33.1 Å². The minimum Gasteiger partial charge on any atom is -0.354 e. The van der Waals surface area contributed by atoms with Crippen molar-refractivity contribution in [3.05, 3.63) is 64.4 Å². The molecule has 0 heterocycles. The molecule has 0 aromatic heterocycles. The van der Waals surface area contributed by atoms with Gasteiger partial charge in [-0.2, -0.15) is 0 Å². The standard InChI is InChI=1S/C22H27BrFN3O4S/c1-4-11-25-22(29)16(2)26(14-17-7-5-8-18(23)12-17)21(28)15-27(32(3,30)31)20-10-6-9-19(24)13-20/h5-10,12-13,16H,4,11,14-15H2,1-3H3,(H,25,29)/t16-/m1/s1. The second-order valence-electron chi connectivity index (χ2n) is 7.37. The van der Waals surface area contributed by atoms with Crippen molar-refractivity contribution >= 4 is 43.5 Å². The maximum absolute atomic E-state index is 13.7. The Kier molecular flexibility index (Phi) is 9.21. The number of nitrogens with one attached hydrogen (secondary N) is 1. The second-order valence-corrected chi connectivity index (χ2v) is 10.2. The van der Waals surface area contributed by atoms with Gasteiger partial charge in [0.2, 0.25) is 21.8 Å². The lowest BCUT2D eigenvalue weighted by Crippen LogP contribution is -2.51. The van der Waals surface area contributed by atoms with Crippen LogP contribution in [0.5, 0.6) is 0 Å². The summed E-state index contributed by atoms with van der Waals surface area (Å²) < 4.78 is 40.2. The van der Waals surface area contributed by atoms with Crippen LogP contribution in [0.2, 0.25) is 0 Å². The van der Waals surface area contributed by atoms with Crippen molar-refractivity contribution in [2.45, 2.75) is 32.9 Å². The number of carbonyl (C=O) groups is 2. The summed E-state index contributed by atoms with van der Waals surface area (Å²) >= 11 is 3.39. The Hall–Kier alpha value is -2.46. The average Bonchev–Trinajstić information content (AvgIpc) is 2.72. The van der Waals surface area contributed by atoms with Gasteiger partial charge in [-0.15, -0.1) is 0 Å². The van der Waals surface area contributed by atoms with Crippen molar-refractivity contribution in [1.82, 2.24) is 10.2 Å². The van der Waals surface area contributed by atoms with E-state index in [0.29, 0.717) is 6.54 Å². The van der Waals surface area contributed by atoms with Crippen LogP contribution in [0.4, 0.5) is 10.1 Å². The summed E-state index contributed by atoms with van der Waals surface area (Å²) in [6.07, 6.45) is 1.68. The number of nitrogens with zero attached hydrogens (tertiary/aromatic N) is 2. The summed E-state index contributed by atoms with van der Waals surface area (Å²) in [5, 5.41) is 2.76. The third-order valence-corrected chi connectivity index (χ3v) is 6.37. The van der Waals surface area contributed by atoms with Gasteiger partial charge in [-0.05, 0) is 49.2 Å². The first-order valence-electron chi connectivity index (χ1n) is 10.1. The Bertz CT molecular complexity index is 1060. The van der Waals surface area contributed by atoms with Crippen LogP contribution < -0.4 is 9.62 Å². The lowest BCUT2D eigenvalue weighted by molar-refractivity contribution is -0.139. The molecule has 0 unspecified atom stereocenters. The van der Waals surface area contributed by atoms with Crippen LogP contribution >= 0.6 is 15.9 Å². The maximum atomic E-state index is 13.7. The third-order valence-electron chi connectivity index (χ3n) is 4.73. The zero-order valence-electron chi connectivity index (χ0n) is 18.2. The Balaban J connectivity index is 2.37. The SMILES string of the molecule is CCCNC(=O)[C@@H](C)N(Cc1cccc(Br)c1)C(=O)CN(c1cccc(F)c1)S(C)(=O)=O. The van der Waals surface area contributed by atoms with Crippen LogP contribution in [0.15, 0.2) is 53.0 Å². The van der Waals surface area contributed by atoms with Crippen molar-refractivity contribution in [2.24, 2.45) is 0 Å². The zero-order valence-corrected chi connectivity index (χ0v) is 20.6. The van der Waals surface area contributed by atoms with E-state index < -0.39 is 34.3 Å². The molecule has 0 radical (unpaired) electrons. The Morgan fingerprint density at radius 2 is 1.84 bits per heavy atom. The van der Waals surface area contributed by atoms with E-state index in [2.05, 4.69) is 21.2 Å². The van der Waals surface area contributed by atoms with Gasteiger partial charge >= 0.3 is 0 Å². The molecule has 1 atom stereocenters. The summed E-state index contributed by atoms with van der Waals surface area (Å²) in [6.45, 7) is 3.49. The molecule has 0 aliphatic heterocycles.